The molecule has 7 nitrogen and oxygen atoms in total. The highest BCUT2D eigenvalue weighted by atomic mass is 16.5. The number of aromatic nitrogens is 2. The largest absolute Gasteiger partial charge is 0.489 e. The molecule has 0 bridgehead atoms. The van der Waals surface area contributed by atoms with Crippen molar-refractivity contribution in [3.8, 4) is 11.6 Å². The van der Waals surface area contributed by atoms with Crippen LogP contribution in [0.5, 0.6) is 11.6 Å². The van der Waals surface area contributed by atoms with Gasteiger partial charge in [0.25, 0.3) is 5.88 Å². The third-order valence-corrected chi connectivity index (χ3v) is 2.61. The van der Waals surface area contributed by atoms with Gasteiger partial charge in [0.15, 0.2) is 5.82 Å². The van der Waals surface area contributed by atoms with Gasteiger partial charge in [-0.25, -0.2) is 10.8 Å². The minimum absolute atomic E-state index is 0.241. The maximum Gasteiger partial charge on any atom is 0.262 e. The number of nitrogens with zero attached hydrogens (tertiary/aromatic N) is 2. The molecule has 0 aliphatic heterocycles. The van der Waals surface area contributed by atoms with E-state index in [4.69, 9.17) is 20.1 Å². The van der Waals surface area contributed by atoms with Gasteiger partial charge in [-0.2, -0.15) is 4.98 Å². The van der Waals surface area contributed by atoms with Crippen LogP contribution in [-0.4, -0.2) is 36.4 Å². The third-order valence-electron chi connectivity index (χ3n) is 2.61. The van der Waals surface area contributed by atoms with Crippen molar-refractivity contribution in [1.29, 1.82) is 0 Å². The van der Waals surface area contributed by atoms with E-state index in [1.807, 2.05) is 13.8 Å². The van der Waals surface area contributed by atoms with E-state index in [1.54, 1.807) is 7.11 Å². The standard InChI is InChI=1S/C11H20N4O3/c1-11(2,17-4)5-6-18-10-8(16-3)9(15-12)13-7-14-10/h7H,5-6,12H2,1-4H3,(H,13,14,15). The number of methoxy groups -OCH3 is 2. The van der Waals surface area contributed by atoms with Crippen LogP contribution in [0.1, 0.15) is 20.3 Å². The smallest absolute Gasteiger partial charge is 0.262 e. The topological polar surface area (TPSA) is 91.5 Å². The first-order valence-electron chi connectivity index (χ1n) is 5.57. The van der Waals surface area contributed by atoms with Gasteiger partial charge in [-0.1, -0.05) is 0 Å². The zero-order valence-electron chi connectivity index (χ0n) is 11.2. The number of hydrogen-bond donors (Lipinski definition) is 2. The molecule has 0 aliphatic rings. The Morgan fingerprint density at radius 3 is 2.61 bits per heavy atom. The molecule has 0 aromatic carbocycles. The fourth-order valence-corrected chi connectivity index (χ4v) is 1.24. The lowest BCUT2D eigenvalue weighted by Crippen LogP contribution is -2.25. The zero-order valence-corrected chi connectivity index (χ0v) is 11.2. The minimum atomic E-state index is -0.241. The quantitative estimate of drug-likeness (QED) is 0.554. The Balaban J connectivity index is 2.67. The first-order chi connectivity index (χ1) is 8.54. The summed E-state index contributed by atoms with van der Waals surface area (Å²) in [5.41, 5.74) is 2.18. The van der Waals surface area contributed by atoms with Crippen molar-refractivity contribution in [2.45, 2.75) is 25.9 Å². The van der Waals surface area contributed by atoms with E-state index < -0.39 is 0 Å². The lowest BCUT2D eigenvalue weighted by molar-refractivity contribution is 0.00485. The molecule has 102 valence electrons. The predicted molar refractivity (Wildman–Crippen MR) is 67.6 cm³/mol. The molecular weight excluding hydrogens is 236 g/mol. The summed E-state index contributed by atoms with van der Waals surface area (Å²) in [6, 6.07) is 0. The lowest BCUT2D eigenvalue weighted by Gasteiger charge is -2.22. The van der Waals surface area contributed by atoms with Crippen LogP contribution in [-0.2, 0) is 4.74 Å². The van der Waals surface area contributed by atoms with Crippen LogP contribution in [0.3, 0.4) is 0 Å². The second kappa shape index (κ2) is 6.36. The highest BCUT2D eigenvalue weighted by Crippen LogP contribution is 2.30. The Hall–Kier alpha value is -1.60. The average Bonchev–Trinajstić information content (AvgIpc) is 2.38. The molecule has 3 N–H and O–H groups in total. The Bertz CT molecular complexity index is 385. The van der Waals surface area contributed by atoms with Crippen molar-refractivity contribution in [2.75, 3.05) is 26.3 Å². The fourth-order valence-electron chi connectivity index (χ4n) is 1.24. The van der Waals surface area contributed by atoms with Gasteiger partial charge in [-0.3, -0.25) is 0 Å². The Kier molecular flexibility index (Phi) is 5.11. The molecule has 1 rings (SSSR count). The first-order valence-corrected chi connectivity index (χ1v) is 5.57. The number of nitrogens with two attached hydrogens (primary N) is 1. The van der Waals surface area contributed by atoms with Crippen molar-refractivity contribution < 1.29 is 14.2 Å². The van der Waals surface area contributed by atoms with Crippen LogP contribution in [0.4, 0.5) is 5.82 Å². The van der Waals surface area contributed by atoms with Gasteiger partial charge in [-0.15, -0.1) is 0 Å². The monoisotopic (exact) mass is 256 g/mol. The average molecular weight is 256 g/mol. The highest BCUT2D eigenvalue weighted by Gasteiger charge is 2.18. The molecule has 1 aromatic rings. The third kappa shape index (κ3) is 3.71. The maximum atomic E-state index is 5.56. The Morgan fingerprint density at radius 1 is 1.33 bits per heavy atom. The summed E-state index contributed by atoms with van der Waals surface area (Å²) >= 11 is 0. The van der Waals surface area contributed by atoms with Gasteiger partial charge < -0.3 is 19.6 Å². The lowest BCUT2D eigenvalue weighted by atomic mass is 10.1. The molecule has 0 saturated heterocycles. The van der Waals surface area contributed by atoms with Gasteiger partial charge in [0.2, 0.25) is 5.75 Å². The Labute approximate surface area is 107 Å². The summed E-state index contributed by atoms with van der Waals surface area (Å²) in [4.78, 5) is 7.93. The van der Waals surface area contributed by atoms with E-state index in [-0.39, 0.29) is 5.60 Å². The van der Waals surface area contributed by atoms with E-state index in [2.05, 4.69) is 15.4 Å². The fraction of sp³-hybridized carbons (Fsp3) is 0.636. The van der Waals surface area contributed by atoms with Crippen LogP contribution in [0.2, 0.25) is 0 Å². The van der Waals surface area contributed by atoms with Gasteiger partial charge in [0.05, 0.1) is 19.3 Å². The van der Waals surface area contributed by atoms with E-state index >= 15 is 0 Å². The normalized spacial score (nSPS) is 11.2. The van der Waals surface area contributed by atoms with Crippen molar-refractivity contribution >= 4 is 5.82 Å². The van der Waals surface area contributed by atoms with E-state index in [1.165, 1.54) is 13.4 Å². The van der Waals surface area contributed by atoms with Crippen LogP contribution < -0.4 is 20.7 Å². The van der Waals surface area contributed by atoms with Crippen LogP contribution in [0.15, 0.2) is 6.33 Å². The number of nitrogens with one attached hydrogen (secondary N) is 1. The number of anilines is 1. The molecule has 0 spiro atoms. The van der Waals surface area contributed by atoms with Crippen LogP contribution >= 0.6 is 0 Å². The molecule has 0 saturated carbocycles. The van der Waals surface area contributed by atoms with Gasteiger partial charge >= 0.3 is 0 Å². The number of hydrazine groups is 1. The molecule has 1 aromatic heterocycles. The molecule has 0 fully saturated rings. The zero-order chi connectivity index (χ0) is 13.6. The van der Waals surface area contributed by atoms with Crippen molar-refractivity contribution in [1.82, 2.24) is 9.97 Å². The van der Waals surface area contributed by atoms with Gasteiger partial charge in [0.1, 0.15) is 6.33 Å². The summed E-state index contributed by atoms with van der Waals surface area (Å²) in [6.07, 6.45) is 2.08. The van der Waals surface area contributed by atoms with Gasteiger partial charge in [0, 0.05) is 13.5 Å². The van der Waals surface area contributed by atoms with Crippen molar-refractivity contribution in [3.63, 3.8) is 0 Å². The second-order valence-electron chi connectivity index (χ2n) is 4.27. The van der Waals surface area contributed by atoms with Gasteiger partial charge in [-0.05, 0) is 13.8 Å². The number of ether oxygens (including phenoxy) is 3. The molecule has 0 amide bonds. The first kappa shape index (κ1) is 14.5. The molecule has 0 unspecified atom stereocenters. The molecule has 7 heteroatoms. The summed E-state index contributed by atoms with van der Waals surface area (Å²) in [7, 11) is 3.17. The number of nitrogen functional groups attached to an aromatic ring is 1. The number of hydrogen-bond acceptors (Lipinski definition) is 7. The highest BCUT2D eigenvalue weighted by molar-refractivity contribution is 5.54. The predicted octanol–water partition coefficient (Wildman–Crippen LogP) is 0.965. The Morgan fingerprint density at radius 2 is 2.06 bits per heavy atom. The van der Waals surface area contributed by atoms with Crippen molar-refractivity contribution in [3.05, 3.63) is 6.33 Å². The van der Waals surface area contributed by atoms with E-state index in [9.17, 15) is 0 Å². The molecule has 0 radical (unpaired) electrons. The SMILES string of the molecule is COc1c(NN)ncnc1OCCC(C)(C)OC. The van der Waals surface area contributed by atoms with Crippen LogP contribution in [0, 0.1) is 0 Å². The van der Waals surface area contributed by atoms with E-state index in [0.717, 1.165) is 6.42 Å². The molecule has 0 atom stereocenters. The molecule has 1 heterocycles. The molecule has 18 heavy (non-hydrogen) atoms. The van der Waals surface area contributed by atoms with E-state index in [0.29, 0.717) is 24.1 Å². The van der Waals surface area contributed by atoms with Crippen LogP contribution in [0.25, 0.3) is 0 Å². The van der Waals surface area contributed by atoms with Crippen molar-refractivity contribution in [2.24, 2.45) is 5.84 Å². The summed E-state index contributed by atoms with van der Waals surface area (Å²) in [5, 5.41) is 0. The maximum absolute atomic E-state index is 5.56. The number of rotatable bonds is 7. The summed E-state index contributed by atoms with van der Waals surface area (Å²) in [5.74, 6) is 6.44. The molecule has 0 aliphatic carbocycles. The summed E-state index contributed by atoms with van der Waals surface area (Å²) in [6.45, 7) is 4.43. The summed E-state index contributed by atoms with van der Waals surface area (Å²) < 4.78 is 16.0. The second-order valence-corrected chi connectivity index (χ2v) is 4.27. The minimum Gasteiger partial charge on any atom is -0.489 e. The molecular formula is C11H20N4O3.